The van der Waals surface area contributed by atoms with Crippen LogP contribution in [0.15, 0.2) is 42.7 Å². The zero-order chi connectivity index (χ0) is 49.1. The number of piperidine rings is 2. The minimum atomic E-state index is -4.77. The van der Waals surface area contributed by atoms with Gasteiger partial charge in [-0.1, -0.05) is 0 Å². The number of nitrogens with zero attached hydrogens (tertiary/aromatic N) is 9. The number of ether oxygens (including phenoxy) is 1. The standard InChI is InChI=1S/C52H58F4N12O4/c53-43-44(37-19-40-31(22-58-63-40)18-39(37)52(54,55)56)57-23-38-45(43)61-49(62-46(38)67-26-33-1-2-34(27-67)59-33)72-29-51(7-8-51)28-65-11-9-50(10-12-65)20-30(21-50)24-64-13-15-66(16-14-64)35-3-4-36-32(17-35)25-68(48(36)71)41-5-6-42(69)60-47(41)70/h3-4,17-19,22-23,30,33-34,41,59H,1-2,5-16,20-21,24-29H2,(H,58,63)(H,60,69,70)/t33?,34?,41-/m0/s1. The van der Waals surface area contributed by atoms with Crippen LogP contribution in [0.2, 0.25) is 0 Å². The van der Waals surface area contributed by atoms with Gasteiger partial charge < -0.3 is 29.7 Å². The first-order valence-electron chi connectivity index (χ1n) is 25.8. The number of amides is 3. The van der Waals surface area contributed by atoms with Crippen LogP contribution >= 0.6 is 0 Å². The molecule has 1 spiro atoms. The SMILES string of the molecule is O=C1CC[C@H](N2Cc3cc(N4CCN(CC5CC6(CCN(CC7(COc8nc(N9CC%10CCC(C9)N%10)c9cnc(-c%10cc%11[nH]ncc%11cc%10C(F)(F)F)c(F)c9n8)CC7)CC6)C5)CC4)ccc3C2=O)C(=O)N1. The Morgan fingerprint density at radius 2 is 1.61 bits per heavy atom. The summed E-state index contributed by atoms with van der Waals surface area (Å²) < 4.78 is 66.8. The number of anilines is 2. The number of hydrogen-bond acceptors (Lipinski definition) is 13. The predicted molar refractivity (Wildman–Crippen MR) is 259 cm³/mol. The molecule has 2 unspecified atom stereocenters. The van der Waals surface area contributed by atoms with E-state index in [1.807, 2.05) is 12.1 Å². The molecular weight excluding hydrogens is 933 g/mol. The number of carbonyl (C=O) groups excluding carboxylic acids is 3. The summed E-state index contributed by atoms with van der Waals surface area (Å²) in [7, 11) is 0. The average Bonchev–Trinajstić information content (AvgIpc) is 3.61. The topological polar surface area (TPSA) is 168 Å². The van der Waals surface area contributed by atoms with E-state index in [9.17, 15) is 27.6 Å². The summed E-state index contributed by atoms with van der Waals surface area (Å²) in [5, 5.41) is 13.2. The second-order valence-electron chi connectivity index (χ2n) is 22.3. The van der Waals surface area contributed by atoms with Gasteiger partial charge in [0.2, 0.25) is 11.8 Å². The fourth-order valence-corrected chi connectivity index (χ4v) is 13.3. The Hall–Kier alpha value is -5.99. The van der Waals surface area contributed by atoms with Crippen LogP contribution in [0, 0.1) is 22.6 Å². The predicted octanol–water partition coefficient (Wildman–Crippen LogP) is 5.90. The van der Waals surface area contributed by atoms with Crippen molar-refractivity contribution in [1.29, 1.82) is 0 Å². The zero-order valence-corrected chi connectivity index (χ0v) is 40.1. The Bertz CT molecular complexity index is 2980. The average molecular weight is 991 g/mol. The molecule has 13 rings (SSSR count). The molecule has 2 saturated carbocycles. The van der Waals surface area contributed by atoms with Crippen molar-refractivity contribution >= 4 is 51.0 Å². The molecule has 72 heavy (non-hydrogen) atoms. The number of piperazine rings is 2. The first kappa shape index (κ1) is 45.8. The number of fused-ring (bicyclic) bond motifs is 5. The summed E-state index contributed by atoms with van der Waals surface area (Å²) >= 11 is 0. The molecule has 5 saturated heterocycles. The number of benzene rings is 2. The molecule has 0 radical (unpaired) electrons. The van der Waals surface area contributed by atoms with Crippen molar-refractivity contribution in [1.82, 2.24) is 50.5 Å². The minimum Gasteiger partial charge on any atom is -0.463 e. The number of hydrogen-bond donors (Lipinski definition) is 3. The fraction of sp³-hybridized carbons (Fsp3) is 0.558. The number of aromatic nitrogens is 5. The Labute approximate surface area is 413 Å². The highest BCUT2D eigenvalue weighted by Crippen LogP contribution is 2.54. The van der Waals surface area contributed by atoms with Gasteiger partial charge in [0.15, 0.2) is 5.82 Å². The van der Waals surface area contributed by atoms with E-state index in [0.29, 0.717) is 66.3 Å². The molecule has 2 bridgehead atoms. The van der Waals surface area contributed by atoms with Crippen molar-refractivity contribution in [3.8, 4) is 17.3 Å². The lowest BCUT2D eigenvalue weighted by atomic mass is 9.57. The summed E-state index contributed by atoms with van der Waals surface area (Å²) in [5.41, 5.74) is 1.37. The lowest BCUT2D eigenvalue weighted by Crippen LogP contribution is -2.53. The zero-order valence-electron chi connectivity index (χ0n) is 40.1. The van der Waals surface area contributed by atoms with Crippen LogP contribution in [-0.2, 0) is 22.3 Å². The van der Waals surface area contributed by atoms with Crippen molar-refractivity contribution in [2.75, 3.05) is 81.9 Å². The highest BCUT2D eigenvalue weighted by molar-refractivity contribution is 6.05. The van der Waals surface area contributed by atoms with Crippen molar-refractivity contribution < 1.29 is 36.7 Å². The molecule has 9 heterocycles. The highest BCUT2D eigenvalue weighted by atomic mass is 19.4. The van der Waals surface area contributed by atoms with Gasteiger partial charge in [0.25, 0.3) is 5.91 Å². The largest absolute Gasteiger partial charge is 0.463 e. The van der Waals surface area contributed by atoms with Crippen LogP contribution < -0.4 is 25.2 Å². The molecule has 16 nitrogen and oxygen atoms in total. The molecule has 3 N–H and O–H groups in total. The third-order valence-corrected chi connectivity index (χ3v) is 17.4. The number of halogens is 4. The monoisotopic (exact) mass is 990 g/mol. The van der Waals surface area contributed by atoms with E-state index >= 15 is 4.39 Å². The van der Waals surface area contributed by atoms with Crippen molar-refractivity contribution in [2.45, 2.75) is 95.1 Å². The van der Waals surface area contributed by atoms with E-state index in [1.165, 1.54) is 44.1 Å². The molecule has 20 heteroatoms. The fourth-order valence-electron chi connectivity index (χ4n) is 13.3. The molecule has 378 valence electrons. The second kappa shape index (κ2) is 17.3. The smallest absolute Gasteiger partial charge is 0.417 e. The van der Waals surface area contributed by atoms with Gasteiger partial charge in [0, 0.05) is 111 Å². The molecule has 6 aliphatic heterocycles. The van der Waals surface area contributed by atoms with E-state index in [2.05, 4.69) is 56.5 Å². The van der Waals surface area contributed by atoms with Crippen LogP contribution in [-0.4, -0.2) is 148 Å². The third kappa shape index (κ3) is 8.39. The quantitative estimate of drug-likeness (QED) is 0.106. The van der Waals surface area contributed by atoms with Crippen molar-refractivity contribution in [3.05, 3.63) is 65.2 Å². The normalized spacial score (nSPS) is 25.4. The van der Waals surface area contributed by atoms with Gasteiger partial charge in [-0.3, -0.25) is 34.7 Å². The van der Waals surface area contributed by atoms with Gasteiger partial charge in [-0.25, -0.2) is 4.39 Å². The maximum Gasteiger partial charge on any atom is 0.417 e. The number of imide groups is 1. The molecule has 2 aliphatic carbocycles. The number of carbonyl (C=O) groups is 3. The van der Waals surface area contributed by atoms with Crippen molar-refractivity contribution in [3.63, 3.8) is 0 Å². The molecule has 5 aromatic rings. The van der Waals surface area contributed by atoms with Crippen LogP contribution in [0.4, 0.5) is 29.1 Å². The minimum absolute atomic E-state index is 0.0197. The molecule has 3 atom stereocenters. The summed E-state index contributed by atoms with van der Waals surface area (Å²) in [6, 6.07) is 8.13. The van der Waals surface area contributed by atoms with Gasteiger partial charge in [-0.2, -0.15) is 28.2 Å². The Morgan fingerprint density at radius 3 is 2.35 bits per heavy atom. The van der Waals surface area contributed by atoms with E-state index in [-0.39, 0.29) is 52.6 Å². The second-order valence-corrected chi connectivity index (χ2v) is 22.3. The molecule has 3 aromatic heterocycles. The van der Waals surface area contributed by atoms with Gasteiger partial charge in [0.05, 0.1) is 29.3 Å². The lowest BCUT2D eigenvalue weighted by Gasteiger charge is -2.54. The molecular formula is C52H58F4N12O4. The number of H-pyrrole nitrogens is 1. The van der Waals surface area contributed by atoms with Crippen LogP contribution in [0.3, 0.4) is 0 Å². The maximum absolute atomic E-state index is 16.9. The first-order valence-corrected chi connectivity index (χ1v) is 25.8. The molecule has 3 amide bonds. The third-order valence-electron chi connectivity index (χ3n) is 17.4. The molecule has 8 aliphatic rings. The lowest BCUT2D eigenvalue weighted by molar-refractivity contribution is -0.138. The Morgan fingerprint density at radius 1 is 0.833 bits per heavy atom. The van der Waals surface area contributed by atoms with Gasteiger partial charge in [0.1, 0.15) is 23.1 Å². The van der Waals surface area contributed by atoms with Crippen molar-refractivity contribution in [2.24, 2.45) is 16.7 Å². The van der Waals surface area contributed by atoms with Crippen LogP contribution in [0.5, 0.6) is 6.01 Å². The number of nitrogens with one attached hydrogen (secondary N) is 3. The van der Waals surface area contributed by atoms with E-state index in [4.69, 9.17) is 9.72 Å². The van der Waals surface area contributed by atoms with E-state index < -0.39 is 40.8 Å². The molecule has 2 aromatic carbocycles. The summed E-state index contributed by atoms with van der Waals surface area (Å²) in [6.07, 6.45) is 7.44. The van der Waals surface area contributed by atoms with Crippen LogP contribution in [0.25, 0.3) is 33.1 Å². The maximum atomic E-state index is 16.9. The highest BCUT2D eigenvalue weighted by Gasteiger charge is 2.50. The Kier molecular flexibility index (Phi) is 11.0. The van der Waals surface area contributed by atoms with E-state index in [1.54, 1.807) is 4.90 Å². The summed E-state index contributed by atoms with van der Waals surface area (Å²) in [5.74, 6) is -0.604. The van der Waals surface area contributed by atoms with Gasteiger partial charge in [-0.05, 0) is 118 Å². The van der Waals surface area contributed by atoms with Gasteiger partial charge >= 0.3 is 12.2 Å². The number of pyridine rings is 1. The number of rotatable bonds is 11. The first-order chi connectivity index (χ1) is 34.7. The molecule has 7 fully saturated rings. The number of aromatic amines is 1. The number of alkyl halides is 3. The summed E-state index contributed by atoms with van der Waals surface area (Å²) in [4.78, 5) is 62.5. The summed E-state index contributed by atoms with van der Waals surface area (Å²) in [6.45, 7) is 9.95. The van der Waals surface area contributed by atoms with Gasteiger partial charge in [-0.15, -0.1) is 0 Å². The Balaban J connectivity index is 0.621. The van der Waals surface area contributed by atoms with Crippen LogP contribution in [0.1, 0.15) is 85.7 Å². The number of likely N-dealkylation sites (tertiary alicyclic amines) is 1. The van der Waals surface area contributed by atoms with E-state index in [0.717, 1.165) is 95.4 Å².